The smallest absolute Gasteiger partial charge is 0.140 e. The molecule has 0 amide bonds. The average Bonchev–Trinajstić information content (AvgIpc) is 2.10. The Balaban J connectivity index is 2.63. The molecule has 0 aromatic rings. The minimum Gasteiger partial charge on any atom is -0.299 e. The molecule has 1 atom stereocenters. The highest BCUT2D eigenvalue weighted by Gasteiger charge is 2.28. The van der Waals surface area contributed by atoms with E-state index in [0.29, 0.717) is 18.1 Å². The van der Waals surface area contributed by atoms with Crippen LogP contribution in [0, 0.1) is 11.8 Å². The molecule has 0 N–H and O–H groups in total. The van der Waals surface area contributed by atoms with Crippen LogP contribution in [0.2, 0.25) is 0 Å². The molecule has 10 heavy (non-hydrogen) atoms. The molecule has 1 unspecified atom stereocenters. The van der Waals surface area contributed by atoms with Gasteiger partial charge in [-0.05, 0) is 12.3 Å². The number of Topliss-reactive ketones (excluding diaryl/α,β-unsaturated/α-hetero) is 1. The van der Waals surface area contributed by atoms with Gasteiger partial charge in [-0.1, -0.05) is 26.0 Å². The van der Waals surface area contributed by atoms with E-state index in [1.54, 1.807) is 0 Å². The maximum absolute atomic E-state index is 11.2. The van der Waals surface area contributed by atoms with Crippen molar-refractivity contribution in [3.8, 4) is 0 Å². The van der Waals surface area contributed by atoms with Crippen molar-refractivity contribution in [2.24, 2.45) is 11.8 Å². The van der Waals surface area contributed by atoms with Crippen molar-refractivity contribution >= 4 is 5.78 Å². The van der Waals surface area contributed by atoms with Crippen LogP contribution in [-0.4, -0.2) is 5.78 Å². The van der Waals surface area contributed by atoms with Crippen LogP contribution in [0.3, 0.4) is 0 Å². The van der Waals surface area contributed by atoms with Crippen LogP contribution in [0.15, 0.2) is 12.2 Å². The predicted molar refractivity (Wildman–Crippen MR) is 41.7 cm³/mol. The molecule has 0 radical (unpaired) electrons. The van der Waals surface area contributed by atoms with Gasteiger partial charge in [-0.2, -0.15) is 0 Å². The molecule has 1 aliphatic rings. The summed E-state index contributed by atoms with van der Waals surface area (Å²) in [6.45, 7) is 8.01. The van der Waals surface area contributed by atoms with Crippen molar-refractivity contribution in [3.63, 3.8) is 0 Å². The highest BCUT2D eigenvalue weighted by molar-refractivity contribution is 5.86. The van der Waals surface area contributed by atoms with Crippen LogP contribution in [0.1, 0.15) is 26.7 Å². The Labute approximate surface area is 62.1 Å². The first kappa shape index (κ1) is 7.52. The molecule has 0 heterocycles. The SMILES string of the molecule is C=C1CC(=O)C(C(C)C)C1. The van der Waals surface area contributed by atoms with Gasteiger partial charge in [0.05, 0.1) is 0 Å². The monoisotopic (exact) mass is 138 g/mol. The number of ketones is 1. The first-order chi connectivity index (χ1) is 4.61. The van der Waals surface area contributed by atoms with Crippen LogP contribution >= 0.6 is 0 Å². The quantitative estimate of drug-likeness (QED) is 0.507. The summed E-state index contributed by atoms with van der Waals surface area (Å²) in [6.07, 6.45) is 1.55. The van der Waals surface area contributed by atoms with Crippen LogP contribution in [0.4, 0.5) is 0 Å². The second-order valence-electron chi connectivity index (χ2n) is 3.45. The fraction of sp³-hybridized carbons (Fsp3) is 0.667. The van der Waals surface area contributed by atoms with Gasteiger partial charge in [-0.25, -0.2) is 0 Å². The lowest BCUT2D eigenvalue weighted by atomic mass is 9.94. The summed E-state index contributed by atoms with van der Waals surface area (Å²) in [6, 6.07) is 0. The molecule has 0 saturated heterocycles. The Bertz CT molecular complexity index is 168. The number of rotatable bonds is 1. The summed E-state index contributed by atoms with van der Waals surface area (Å²) >= 11 is 0. The van der Waals surface area contributed by atoms with Gasteiger partial charge in [0, 0.05) is 12.3 Å². The highest BCUT2D eigenvalue weighted by atomic mass is 16.1. The van der Waals surface area contributed by atoms with E-state index >= 15 is 0 Å². The Hall–Kier alpha value is -0.590. The minimum absolute atomic E-state index is 0.271. The van der Waals surface area contributed by atoms with E-state index in [-0.39, 0.29) is 5.92 Å². The molecular weight excluding hydrogens is 124 g/mol. The lowest BCUT2D eigenvalue weighted by Crippen LogP contribution is -2.12. The summed E-state index contributed by atoms with van der Waals surface area (Å²) in [4.78, 5) is 11.2. The first-order valence-electron chi connectivity index (χ1n) is 3.80. The lowest BCUT2D eigenvalue weighted by Gasteiger charge is -2.10. The molecule has 1 heteroatoms. The van der Waals surface area contributed by atoms with E-state index < -0.39 is 0 Å². The summed E-state index contributed by atoms with van der Waals surface area (Å²) in [5.41, 5.74) is 1.11. The zero-order valence-electron chi connectivity index (χ0n) is 6.68. The normalized spacial score (nSPS) is 26.5. The van der Waals surface area contributed by atoms with Crippen LogP contribution in [0.5, 0.6) is 0 Å². The lowest BCUT2D eigenvalue weighted by molar-refractivity contribution is -0.121. The van der Waals surface area contributed by atoms with Gasteiger partial charge >= 0.3 is 0 Å². The molecule has 0 bridgehead atoms. The van der Waals surface area contributed by atoms with Gasteiger partial charge in [0.2, 0.25) is 0 Å². The molecule has 1 fully saturated rings. The topological polar surface area (TPSA) is 17.1 Å². The van der Waals surface area contributed by atoms with Gasteiger partial charge in [0.1, 0.15) is 5.78 Å². The van der Waals surface area contributed by atoms with E-state index in [1.165, 1.54) is 0 Å². The minimum atomic E-state index is 0.271. The van der Waals surface area contributed by atoms with Crippen LogP contribution < -0.4 is 0 Å². The van der Waals surface area contributed by atoms with Gasteiger partial charge in [0.15, 0.2) is 0 Å². The van der Waals surface area contributed by atoms with E-state index in [2.05, 4.69) is 20.4 Å². The van der Waals surface area contributed by atoms with E-state index in [9.17, 15) is 4.79 Å². The Morgan fingerprint density at radius 2 is 2.20 bits per heavy atom. The largest absolute Gasteiger partial charge is 0.299 e. The molecule has 1 aliphatic carbocycles. The molecule has 0 spiro atoms. The van der Waals surface area contributed by atoms with Crippen molar-refractivity contribution < 1.29 is 4.79 Å². The third-order valence-corrected chi connectivity index (χ3v) is 2.15. The number of carbonyl (C=O) groups excluding carboxylic acids is 1. The van der Waals surface area contributed by atoms with Crippen LogP contribution in [0.25, 0.3) is 0 Å². The Kier molecular flexibility index (Phi) is 1.93. The van der Waals surface area contributed by atoms with Crippen molar-refractivity contribution in [2.45, 2.75) is 26.7 Å². The zero-order valence-corrected chi connectivity index (χ0v) is 6.68. The van der Waals surface area contributed by atoms with Crippen LogP contribution in [-0.2, 0) is 4.79 Å². The van der Waals surface area contributed by atoms with Gasteiger partial charge in [-0.15, -0.1) is 0 Å². The first-order valence-corrected chi connectivity index (χ1v) is 3.80. The van der Waals surface area contributed by atoms with Gasteiger partial charge < -0.3 is 0 Å². The molecule has 1 nitrogen and oxygen atoms in total. The average molecular weight is 138 g/mol. The molecule has 0 aromatic heterocycles. The summed E-state index contributed by atoms with van der Waals surface area (Å²) in [7, 11) is 0. The second kappa shape index (κ2) is 2.57. The fourth-order valence-corrected chi connectivity index (χ4v) is 1.48. The number of hydrogen-bond donors (Lipinski definition) is 0. The third-order valence-electron chi connectivity index (χ3n) is 2.15. The predicted octanol–water partition coefficient (Wildman–Crippen LogP) is 2.18. The Morgan fingerprint density at radius 1 is 1.60 bits per heavy atom. The van der Waals surface area contributed by atoms with Crippen molar-refractivity contribution in [1.29, 1.82) is 0 Å². The van der Waals surface area contributed by atoms with Gasteiger partial charge in [0.25, 0.3) is 0 Å². The third kappa shape index (κ3) is 1.28. The van der Waals surface area contributed by atoms with E-state index in [4.69, 9.17) is 0 Å². The molecule has 1 saturated carbocycles. The number of carbonyl (C=O) groups is 1. The number of hydrogen-bond acceptors (Lipinski definition) is 1. The zero-order chi connectivity index (χ0) is 7.72. The maximum Gasteiger partial charge on any atom is 0.140 e. The Morgan fingerprint density at radius 3 is 2.40 bits per heavy atom. The van der Waals surface area contributed by atoms with E-state index in [1.807, 2.05) is 0 Å². The summed E-state index contributed by atoms with van der Waals surface area (Å²) < 4.78 is 0. The fourth-order valence-electron chi connectivity index (χ4n) is 1.48. The van der Waals surface area contributed by atoms with Crippen molar-refractivity contribution in [2.75, 3.05) is 0 Å². The molecule has 1 rings (SSSR count). The molecule has 56 valence electrons. The maximum atomic E-state index is 11.2. The summed E-state index contributed by atoms with van der Waals surface area (Å²) in [5.74, 6) is 1.15. The van der Waals surface area contributed by atoms with Gasteiger partial charge in [-0.3, -0.25) is 4.79 Å². The molecule has 0 aromatic carbocycles. The standard InChI is InChI=1S/C9H14O/c1-6(2)8-4-7(3)5-9(8)10/h6,8H,3-5H2,1-2H3. The van der Waals surface area contributed by atoms with E-state index in [0.717, 1.165) is 12.0 Å². The molecule has 0 aliphatic heterocycles. The highest BCUT2D eigenvalue weighted by Crippen LogP contribution is 2.30. The summed E-state index contributed by atoms with van der Waals surface area (Å²) in [5, 5.41) is 0. The second-order valence-corrected chi connectivity index (χ2v) is 3.45. The van der Waals surface area contributed by atoms with Crippen molar-refractivity contribution in [3.05, 3.63) is 12.2 Å². The molecular formula is C9H14O. The number of allylic oxidation sites excluding steroid dienone is 1. The van der Waals surface area contributed by atoms with Crippen molar-refractivity contribution in [1.82, 2.24) is 0 Å².